The summed E-state index contributed by atoms with van der Waals surface area (Å²) < 4.78 is 0. The monoisotopic (exact) mass is 150 g/mol. The van der Waals surface area contributed by atoms with E-state index in [2.05, 4.69) is 9.70 Å². The van der Waals surface area contributed by atoms with E-state index in [4.69, 9.17) is 18.6 Å². The van der Waals surface area contributed by atoms with Crippen molar-refractivity contribution in [2.75, 3.05) is 0 Å². The van der Waals surface area contributed by atoms with Gasteiger partial charge in [0.1, 0.15) is 0 Å². The predicted octanol–water partition coefficient (Wildman–Crippen LogP) is 2.02. The number of rotatable bonds is 0. The van der Waals surface area contributed by atoms with Crippen molar-refractivity contribution in [3.63, 3.8) is 0 Å². The summed E-state index contributed by atoms with van der Waals surface area (Å²) in [6, 6.07) is 0. The second-order valence-electron chi connectivity index (χ2n) is 0.226. The summed E-state index contributed by atoms with van der Waals surface area (Å²) in [7, 11) is 14.4. The second kappa shape index (κ2) is 2.74. The molecule has 0 rings (SSSR count). The van der Waals surface area contributed by atoms with Gasteiger partial charge in [-0.3, -0.25) is 0 Å². The van der Waals surface area contributed by atoms with Crippen LogP contribution in [0.15, 0.2) is 0 Å². The first-order chi connectivity index (χ1) is 1.73. The molecule has 0 aliphatic heterocycles. The van der Waals surface area contributed by atoms with E-state index in [0.717, 1.165) is 0 Å². The molecule has 0 heterocycles. The quantitative estimate of drug-likeness (QED) is 0.477. The van der Waals surface area contributed by atoms with E-state index in [1.54, 1.807) is 0 Å². The molecular formula is Cl2STi. The summed E-state index contributed by atoms with van der Waals surface area (Å²) in [4.78, 5) is 0. The number of halogens is 2. The average Bonchev–Trinajstić information content (AvgIpc) is 0.811. The summed E-state index contributed by atoms with van der Waals surface area (Å²) >= 11 is -1.81. The average molecular weight is 151 g/mol. The third kappa shape index (κ3) is 9.69. The molecule has 0 unspecified atom stereocenters. The molecule has 0 amide bonds. The molecule has 0 N–H and O–H groups in total. The first kappa shape index (κ1) is 5.51. The third-order valence-corrected chi connectivity index (χ3v) is 0. The molecule has 0 saturated heterocycles. The Morgan fingerprint density at radius 3 is 1.50 bits per heavy atom. The van der Waals surface area contributed by atoms with Crippen LogP contribution in [-0.4, -0.2) is 0 Å². The molecule has 0 bridgehead atoms. The van der Waals surface area contributed by atoms with Gasteiger partial charge in [0.2, 0.25) is 0 Å². The standard InChI is InChI=1S/2ClH.S.Ti/h2*1H;;/q;;;+2/p-2. The zero-order valence-corrected chi connectivity index (χ0v) is 5.55. The van der Waals surface area contributed by atoms with E-state index < -0.39 is 13.9 Å². The Balaban J connectivity index is 2.80. The van der Waals surface area contributed by atoms with Gasteiger partial charge in [-0.2, -0.15) is 0 Å². The molecule has 0 spiro atoms. The molecule has 24 valence electrons. The summed E-state index contributed by atoms with van der Waals surface area (Å²) in [5, 5.41) is 0. The van der Waals surface area contributed by atoms with Gasteiger partial charge < -0.3 is 0 Å². The van der Waals surface area contributed by atoms with E-state index in [0.29, 0.717) is 0 Å². The van der Waals surface area contributed by atoms with Crippen molar-refractivity contribution in [3.05, 3.63) is 0 Å². The fourth-order valence-electron chi connectivity index (χ4n) is 0. The molecule has 0 aromatic carbocycles. The topological polar surface area (TPSA) is 0 Å². The Labute approximate surface area is 42.1 Å². The van der Waals surface area contributed by atoms with E-state index in [9.17, 15) is 0 Å². The van der Waals surface area contributed by atoms with Gasteiger partial charge in [-0.25, -0.2) is 0 Å². The summed E-state index contributed by atoms with van der Waals surface area (Å²) in [6.07, 6.45) is 0. The molecular weight excluding hydrogens is 151 g/mol. The Bertz CT molecular complexity index is 29.0. The van der Waals surface area contributed by atoms with Crippen LogP contribution >= 0.6 is 28.3 Å². The van der Waals surface area contributed by atoms with Gasteiger partial charge in [-0.05, 0) is 0 Å². The Hall–Kier alpha value is 1.51. The summed E-state index contributed by atoms with van der Waals surface area (Å²) in [5.74, 6) is 0. The van der Waals surface area contributed by atoms with Crippen molar-refractivity contribution in [3.8, 4) is 0 Å². The van der Waals surface area contributed by atoms with Crippen molar-refractivity contribution < 1.29 is 13.9 Å². The van der Waals surface area contributed by atoms with Crippen LogP contribution in [0.25, 0.3) is 0 Å². The summed E-state index contributed by atoms with van der Waals surface area (Å²) in [6.45, 7) is 0. The zero-order valence-electron chi connectivity index (χ0n) is 1.66. The Kier molecular flexibility index (Phi) is 3.77. The van der Waals surface area contributed by atoms with Crippen LogP contribution in [0.2, 0.25) is 0 Å². The molecule has 0 aromatic heterocycles. The molecule has 4 heavy (non-hydrogen) atoms. The van der Waals surface area contributed by atoms with Gasteiger partial charge in [-0.1, -0.05) is 0 Å². The minimum atomic E-state index is -1.81. The molecule has 0 radical (unpaired) electrons. The molecule has 4 heteroatoms. The molecule has 0 aliphatic carbocycles. The normalized spacial score (nSPS) is 6.50. The molecule has 0 fully saturated rings. The molecule has 0 atom stereocenters. The molecule has 0 aromatic rings. The Morgan fingerprint density at radius 1 is 1.50 bits per heavy atom. The second-order valence-corrected chi connectivity index (χ2v) is 8.38. The van der Waals surface area contributed by atoms with E-state index in [-0.39, 0.29) is 0 Å². The van der Waals surface area contributed by atoms with Crippen LogP contribution in [0.1, 0.15) is 0 Å². The fourth-order valence-corrected chi connectivity index (χ4v) is 0. The maximum atomic E-state index is 5.02. The van der Waals surface area contributed by atoms with Crippen LogP contribution in [0.4, 0.5) is 0 Å². The molecule has 0 aliphatic rings. The first-order valence-electron chi connectivity index (χ1n) is 0.582. The van der Waals surface area contributed by atoms with Crippen molar-refractivity contribution in [1.82, 2.24) is 0 Å². The maximum absolute atomic E-state index is 5.02. The van der Waals surface area contributed by atoms with Crippen LogP contribution in [0.3, 0.4) is 0 Å². The zero-order chi connectivity index (χ0) is 3.58. The van der Waals surface area contributed by atoms with Gasteiger partial charge in [-0.15, -0.1) is 0 Å². The van der Waals surface area contributed by atoms with Gasteiger partial charge in [0.15, 0.2) is 0 Å². The number of hydrogen-bond acceptors (Lipinski definition) is 1. The summed E-state index contributed by atoms with van der Waals surface area (Å²) in [5.41, 5.74) is 0. The van der Waals surface area contributed by atoms with E-state index in [1.165, 1.54) is 0 Å². The predicted molar refractivity (Wildman–Crippen MR) is 19.3 cm³/mol. The van der Waals surface area contributed by atoms with Crippen LogP contribution in [0, 0.1) is 0 Å². The molecule has 0 nitrogen and oxygen atoms in total. The minimum absolute atomic E-state index is 1.81. The van der Waals surface area contributed by atoms with Crippen molar-refractivity contribution in [2.45, 2.75) is 0 Å². The van der Waals surface area contributed by atoms with Crippen molar-refractivity contribution in [1.29, 1.82) is 0 Å². The van der Waals surface area contributed by atoms with Gasteiger partial charge >= 0.3 is 42.2 Å². The van der Waals surface area contributed by atoms with Crippen LogP contribution in [-0.2, 0) is 13.9 Å². The van der Waals surface area contributed by atoms with Gasteiger partial charge in [0.05, 0.1) is 0 Å². The van der Waals surface area contributed by atoms with E-state index in [1.807, 2.05) is 0 Å². The van der Waals surface area contributed by atoms with E-state index >= 15 is 0 Å². The van der Waals surface area contributed by atoms with Gasteiger partial charge in [0, 0.05) is 0 Å². The van der Waals surface area contributed by atoms with Crippen molar-refractivity contribution in [2.24, 2.45) is 0 Å². The Morgan fingerprint density at radius 2 is 1.50 bits per heavy atom. The SMILES string of the molecule is [S]=[Ti]([Cl])[Cl]. The number of hydrogen-bond donors (Lipinski definition) is 0. The molecule has 0 saturated carbocycles. The fraction of sp³-hybridized carbons (Fsp3) is 0. The third-order valence-electron chi connectivity index (χ3n) is 0. The first-order valence-corrected chi connectivity index (χ1v) is 7.20. The van der Waals surface area contributed by atoms with Gasteiger partial charge in [0.25, 0.3) is 0 Å². The van der Waals surface area contributed by atoms with Crippen molar-refractivity contribution >= 4 is 28.3 Å². The van der Waals surface area contributed by atoms with Crippen LogP contribution < -0.4 is 0 Å². The van der Waals surface area contributed by atoms with Crippen LogP contribution in [0.5, 0.6) is 0 Å².